The highest BCUT2D eigenvalue weighted by Crippen LogP contribution is 2.36. The molecule has 2 atom stereocenters. The van der Waals surface area contributed by atoms with Crippen LogP contribution >= 0.6 is 0 Å². The Kier molecular flexibility index (Phi) is 29.1. The molecule has 0 radical (unpaired) electrons. The predicted molar refractivity (Wildman–Crippen MR) is 237 cm³/mol. The fourth-order valence-electron chi connectivity index (χ4n) is 8.21. The van der Waals surface area contributed by atoms with Crippen molar-refractivity contribution in [3.8, 4) is 11.5 Å². The lowest BCUT2D eigenvalue weighted by atomic mass is 9.88. The third-order valence-electron chi connectivity index (χ3n) is 11.7. The van der Waals surface area contributed by atoms with Gasteiger partial charge in [-0.15, -0.1) is 10.2 Å². The second-order valence-corrected chi connectivity index (χ2v) is 16.6. The summed E-state index contributed by atoms with van der Waals surface area (Å²) in [5, 5.41) is 9.67. The van der Waals surface area contributed by atoms with E-state index in [1.54, 1.807) is 14.2 Å². The molecule has 0 fully saturated rings. The van der Waals surface area contributed by atoms with E-state index in [2.05, 4.69) is 64.1 Å². The molecule has 0 spiro atoms. The van der Waals surface area contributed by atoms with Gasteiger partial charge in [0.25, 0.3) is 0 Å². The number of unbranched alkanes of at least 4 members (excludes halogenated alkanes) is 20. The molecule has 2 aromatic rings. The minimum atomic E-state index is 0.720. The Bertz CT molecular complexity index is 1100. The van der Waals surface area contributed by atoms with Gasteiger partial charge in [0.15, 0.2) is 0 Å². The van der Waals surface area contributed by atoms with Crippen molar-refractivity contribution in [3.05, 3.63) is 47.5 Å². The highest BCUT2D eigenvalue weighted by atomic mass is 16.5. The lowest BCUT2D eigenvalue weighted by Gasteiger charge is -2.18. The van der Waals surface area contributed by atoms with Crippen LogP contribution in [0.15, 0.2) is 46.6 Å². The van der Waals surface area contributed by atoms with Crippen LogP contribution in [0.2, 0.25) is 0 Å². The molecule has 0 aliphatic rings. The lowest BCUT2D eigenvalue weighted by molar-refractivity contribution is 0.400. The van der Waals surface area contributed by atoms with Crippen molar-refractivity contribution in [3.63, 3.8) is 0 Å². The fraction of sp³-hybridized carbons (Fsp3) is 0.760. The summed E-state index contributed by atoms with van der Waals surface area (Å²) in [6, 6.07) is 13.1. The van der Waals surface area contributed by atoms with Gasteiger partial charge in [-0.3, -0.25) is 0 Å². The normalized spacial score (nSPS) is 12.8. The van der Waals surface area contributed by atoms with Crippen molar-refractivity contribution in [2.45, 2.75) is 220 Å². The molecule has 2 unspecified atom stereocenters. The van der Waals surface area contributed by atoms with Gasteiger partial charge < -0.3 is 9.47 Å². The van der Waals surface area contributed by atoms with Crippen LogP contribution in [0.25, 0.3) is 0 Å². The maximum absolute atomic E-state index is 5.79. The number of hydrogen-bond acceptors (Lipinski definition) is 4. The van der Waals surface area contributed by atoms with E-state index >= 15 is 0 Å². The molecule has 0 aliphatic heterocycles. The molecule has 0 N–H and O–H groups in total. The summed E-state index contributed by atoms with van der Waals surface area (Å²) < 4.78 is 11.6. The summed E-state index contributed by atoms with van der Waals surface area (Å²) in [6.07, 6.45) is 40.3. The fourth-order valence-corrected chi connectivity index (χ4v) is 8.21. The average molecular weight is 747 g/mol. The molecule has 54 heavy (non-hydrogen) atoms. The van der Waals surface area contributed by atoms with Crippen LogP contribution in [0.3, 0.4) is 0 Å². The van der Waals surface area contributed by atoms with E-state index in [0.29, 0.717) is 0 Å². The molecule has 0 saturated carbocycles. The minimum absolute atomic E-state index is 0.720. The second kappa shape index (κ2) is 32.8. The molecule has 2 rings (SSSR count). The lowest BCUT2D eigenvalue weighted by Crippen LogP contribution is -2.06. The Labute approximate surface area is 335 Å². The van der Waals surface area contributed by atoms with Crippen LogP contribution in [-0.4, -0.2) is 14.2 Å². The van der Waals surface area contributed by atoms with Gasteiger partial charge in [-0.1, -0.05) is 220 Å². The SMILES string of the molecule is CCCCCCCCCCC(CCCCCC)Cc1ccc(OC)c(N=Nc2cc(CC(CCCCCC)CCCCCCCCCC)ccc2OC)c1. The molecular formula is C50H86N2O2. The molecule has 0 bridgehead atoms. The third kappa shape index (κ3) is 22.3. The molecule has 0 amide bonds. The molecule has 4 heteroatoms. The molecule has 0 aromatic heterocycles. The molecule has 0 aliphatic carbocycles. The van der Waals surface area contributed by atoms with Crippen molar-refractivity contribution in [1.29, 1.82) is 0 Å². The van der Waals surface area contributed by atoms with Crippen LogP contribution in [0.4, 0.5) is 11.4 Å². The van der Waals surface area contributed by atoms with Crippen molar-refractivity contribution in [1.82, 2.24) is 0 Å². The predicted octanol–water partition coefficient (Wildman–Crippen LogP) is 17.4. The topological polar surface area (TPSA) is 43.2 Å². The van der Waals surface area contributed by atoms with Crippen molar-refractivity contribution >= 4 is 11.4 Å². The molecule has 4 nitrogen and oxygen atoms in total. The number of azo groups is 1. The largest absolute Gasteiger partial charge is 0.494 e. The summed E-state index contributed by atoms with van der Waals surface area (Å²) in [6.45, 7) is 9.22. The van der Waals surface area contributed by atoms with E-state index in [4.69, 9.17) is 19.7 Å². The Hall–Kier alpha value is -2.36. The summed E-state index contributed by atoms with van der Waals surface area (Å²) in [4.78, 5) is 0. The number of methoxy groups -OCH3 is 2. The average Bonchev–Trinajstić information content (AvgIpc) is 3.19. The summed E-state index contributed by atoms with van der Waals surface area (Å²) in [5.41, 5.74) is 4.31. The third-order valence-corrected chi connectivity index (χ3v) is 11.7. The molecule has 0 saturated heterocycles. The van der Waals surface area contributed by atoms with E-state index in [1.807, 2.05) is 0 Å². The van der Waals surface area contributed by atoms with Crippen molar-refractivity contribution in [2.24, 2.45) is 22.1 Å². The monoisotopic (exact) mass is 747 g/mol. The van der Waals surface area contributed by atoms with E-state index in [9.17, 15) is 0 Å². The quantitative estimate of drug-likeness (QED) is 0.0515. The first-order valence-corrected chi connectivity index (χ1v) is 23.3. The first kappa shape index (κ1) is 47.8. The van der Waals surface area contributed by atoms with E-state index < -0.39 is 0 Å². The highest BCUT2D eigenvalue weighted by molar-refractivity contribution is 5.56. The number of hydrogen-bond donors (Lipinski definition) is 0. The maximum atomic E-state index is 5.79. The van der Waals surface area contributed by atoms with Gasteiger partial charge in [-0.25, -0.2) is 0 Å². The summed E-state index contributed by atoms with van der Waals surface area (Å²) >= 11 is 0. The van der Waals surface area contributed by atoms with Gasteiger partial charge in [0.1, 0.15) is 22.9 Å². The second-order valence-electron chi connectivity index (χ2n) is 16.6. The highest BCUT2D eigenvalue weighted by Gasteiger charge is 2.15. The first-order valence-electron chi connectivity index (χ1n) is 23.3. The summed E-state index contributed by atoms with van der Waals surface area (Å²) in [7, 11) is 3.47. The zero-order chi connectivity index (χ0) is 38.9. The number of benzene rings is 2. The molecule has 0 heterocycles. The van der Waals surface area contributed by atoms with Crippen LogP contribution < -0.4 is 9.47 Å². The summed E-state index contributed by atoms with van der Waals surface area (Å²) in [5.74, 6) is 2.99. The Morgan fingerprint density at radius 1 is 0.389 bits per heavy atom. The van der Waals surface area contributed by atoms with Gasteiger partial charge >= 0.3 is 0 Å². The Morgan fingerprint density at radius 2 is 0.667 bits per heavy atom. The van der Waals surface area contributed by atoms with E-state index in [1.165, 1.54) is 191 Å². The van der Waals surface area contributed by atoms with E-state index in [-0.39, 0.29) is 0 Å². The van der Waals surface area contributed by atoms with Crippen LogP contribution in [0, 0.1) is 11.8 Å². The van der Waals surface area contributed by atoms with Crippen molar-refractivity contribution < 1.29 is 9.47 Å². The smallest absolute Gasteiger partial charge is 0.146 e. The number of ether oxygens (including phenoxy) is 2. The molecule has 308 valence electrons. The van der Waals surface area contributed by atoms with Gasteiger partial charge in [-0.05, 0) is 60.1 Å². The van der Waals surface area contributed by atoms with Gasteiger partial charge in [0.05, 0.1) is 14.2 Å². The van der Waals surface area contributed by atoms with Crippen molar-refractivity contribution in [2.75, 3.05) is 14.2 Å². The molecule has 2 aromatic carbocycles. The zero-order valence-electron chi connectivity index (χ0n) is 36.5. The zero-order valence-corrected chi connectivity index (χ0v) is 36.5. The van der Waals surface area contributed by atoms with Gasteiger partial charge in [-0.2, -0.15) is 0 Å². The van der Waals surface area contributed by atoms with E-state index in [0.717, 1.165) is 47.6 Å². The number of rotatable bonds is 36. The van der Waals surface area contributed by atoms with Crippen LogP contribution in [0.5, 0.6) is 11.5 Å². The van der Waals surface area contributed by atoms with Crippen LogP contribution in [-0.2, 0) is 12.8 Å². The number of nitrogens with zero attached hydrogens (tertiary/aromatic N) is 2. The van der Waals surface area contributed by atoms with Gasteiger partial charge in [0.2, 0.25) is 0 Å². The first-order chi connectivity index (χ1) is 26.6. The van der Waals surface area contributed by atoms with Crippen LogP contribution in [0.1, 0.15) is 219 Å². The Balaban J connectivity index is 2.13. The maximum Gasteiger partial charge on any atom is 0.146 e. The van der Waals surface area contributed by atoms with Gasteiger partial charge in [0, 0.05) is 0 Å². The minimum Gasteiger partial charge on any atom is -0.494 e. The Morgan fingerprint density at radius 3 is 0.963 bits per heavy atom. The standard InChI is InChI=1S/C50H86N2O2/c1-7-11-15-19-21-23-25-29-33-43(31-27-17-13-9-3)39-45-35-37-49(53-5)47(41-45)51-52-48-42-46(36-38-50(48)54-6)40-44(32-28-18-14-10-4)34-30-26-24-22-20-16-12-8-2/h35-38,41-44H,7-34,39-40H2,1-6H3. The molecular weight excluding hydrogens is 661 g/mol.